The van der Waals surface area contributed by atoms with Gasteiger partial charge in [0, 0.05) is 12.0 Å². The highest BCUT2D eigenvalue weighted by Crippen LogP contribution is 2.31. The highest BCUT2D eigenvalue weighted by molar-refractivity contribution is 4.92. The Kier molecular flexibility index (Phi) is 5.49. The van der Waals surface area contributed by atoms with E-state index in [0.29, 0.717) is 0 Å². The molecule has 2 unspecified atom stereocenters. The van der Waals surface area contributed by atoms with E-state index in [1.54, 1.807) is 0 Å². The third-order valence-corrected chi connectivity index (χ3v) is 3.49. The maximum atomic E-state index is 9.17. The van der Waals surface area contributed by atoms with E-state index in [2.05, 4.69) is 47.6 Å². The largest absolute Gasteiger partial charge is 0.327 e. The average Bonchev–Trinajstić information content (AvgIpc) is 2.14. The molecule has 0 aliphatic carbocycles. The molecule has 0 saturated heterocycles. The van der Waals surface area contributed by atoms with Gasteiger partial charge in [-0.2, -0.15) is 5.26 Å². The third kappa shape index (κ3) is 5.51. The Morgan fingerprint density at radius 1 is 1.19 bits per heavy atom. The molecule has 2 atom stereocenters. The molecule has 0 bridgehead atoms. The number of rotatable bonds is 5. The van der Waals surface area contributed by atoms with Crippen molar-refractivity contribution in [1.29, 1.82) is 5.26 Å². The minimum atomic E-state index is 0.0841. The molecule has 0 amide bonds. The van der Waals surface area contributed by atoms with Gasteiger partial charge in [0.15, 0.2) is 0 Å². The van der Waals surface area contributed by atoms with Crippen molar-refractivity contribution in [3.63, 3.8) is 0 Å². The van der Waals surface area contributed by atoms with Crippen molar-refractivity contribution in [2.45, 2.75) is 66.8 Å². The first-order valence-corrected chi connectivity index (χ1v) is 6.27. The highest BCUT2D eigenvalue weighted by Gasteiger charge is 2.28. The number of nitrogens with zero attached hydrogens (tertiary/aromatic N) is 1. The second-order valence-corrected chi connectivity index (χ2v) is 6.78. The fourth-order valence-corrected chi connectivity index (χ4v) is 1.81. The predicted octanol–water partition coefficient (Wildman–Crippen LogP) is 3.72. The van der Waals surface area contributed by atoms with Gasteiger partial charge in [-0.15, -0.1) is 0 Å². The fourth-order valence-electron chi connectivity index (χ4n) is 1.81. The van der Waals surface area contributed by atoms with Crippen LogP contribution in [-0.2, 0) is 0 Å². The van der Waals surface area contributed by atoms with Crippen molar-refractivity contribution in [2.24, 2.45) is 22.5 Å². The maximum Gasteiger partial charge on any atom is 0.0656 e. The molecule has 0 spiro atoms. The van der Waals surface area contributed by atoms with Crippen molar-refractivity contribution in [3.8, 4) is 6.07 Å². The SMILES string of the molecule is CCC(C)(C)C(N)CC(C#N)CC(C)(C)C. The smallest absolute Gasteiger partial charge is 0.0656 e. The van der Waals surface area contributed by atoms with Crippen molar-refractivity contribution in [1.82, 2.24) is 0 Å². The number of nitrogens with two attached hydrogens (primary N) is 1. The van der Waals surface area contributed by atoms with Crippen molar-refractivity contribution in [3.05, 3.63) is 0 Å². The third-order valence-electron chi connectivity index (χ3n) is 3.49. The molecule has 16 heavy (non-hydrogen) atoms. The van der Waals surface area contributed by atoms with E-state index in [1.165, 1.54) is 0 Å². The van der Waals surface area contributed by atoms with Gasteiger partial charge in [-0.3, -0.25) is 0 Å². The number of nitriles is 1. The molecule has 0 aliphatic heterocycles. The summed E-state index contributed by atoms with van der Waals surface area (Å²) in [5, 5.41) is 9.17. The van der Waals surface area contributed by atoms with Gasteiger partial charge in [0.25, 0.3) is 0 Å². The van der Waals surface area contributed by atoms with Gasteiger partial charge < -0.3 is 5.73 Å². The molecule has 94 valence electrons. The summed E-state index contributed by atoms with van der Waals surface area (Å²) < 4.78 is 0. The fraction of sp³-hybridized carbons (Fsp3) is 0.929. The van der Waals surface area contributed by atoms with Crippen LogP contribution in [-0.4, -0.2) is 6.04 Å². The Bertz CT molecular complexity index is 242. The molecule has 0 aromatic heterocycles. The molecule has 0 rings (SSSR count). The van der Waals surface area contributed by atoms with Crippen LogP contribution in [0.2, 0.25) is 0 Å². The Morgan fingerprint density at radius 2 is 1.69 bits per heavy atom. The standard InChI is InChI=1S/C14H28N2/c1-7-14(5,6)12(16)8-11(10-15)9-13(2,3)4/h11-12H,7-9,16H2,1-6H3. The van der Waals surface area contributed by atoms with Gasteiger partial charge in [-0.1, -0.05) is 41.5 Å². The summed E-state index contributed by atoms with van der Waals surface area (Å²) in [5.74, 6) is 0.0841. The van der Waals surface area contributed by atoms with E-state index in [0.717, 1.165) is 19.3 Å². The van der Waals surface area contributed by atoms with Crippen molar-refractivity contribution < 1.29 is 0 Å². The van der Waals surface area contributed by atoms with Gasteiger partial charge >= 0.3 is 0 Å². The van der Waals surface area contributed by atoms with Gasteiger partial charge in [0.05, 0.1) is 6.07 Å². The first-order chi connectivity index (χ1) is 7.12. The normalized spacial score (nSPS) is 16.6. The van der Waals surface area contributed by atoms with Crippen LogP contribution in [0, 0.1) is 28.1 Å². The Balaban J connectivity index is 4.41. The lowest BCUT2D eigenvalue weighted by atomic mass is 9.75. The second-order valence-electron chi connectivity index (χ2n) is 6.78. The molecule has 0 radical (unpaired) electrons. The Morgan fingerprint density at radius 3 is 2.00 bits per heavy atom. The van der Waals surface area contributed by atoms with Crippen molar-refractivity contribution in [2.75, 3.05) is 0 Å². The molecule has 2 heteroatoms. The first-order valence-electron chi connectivity index (χ1n) is 6.27. The van der Waals surface area contributed by atoms with Gasteiger partial charge in [0.1, 0.15) is 0 Å². The van der Waals surface area contributed by atoms with Crippen LogP contribution in [0.4, 0.5) is 0 Å². The first kappa shape index (κ1) is 15.4. The molecule has 2 N–H and O–H groups in total. The molecule has 0 aromatic carbocycles. The van der Waals surface area contributed by atoms with E-state index < -0.39 is 0 Å². The summed E-state index contributed by atoms with van der Waals surface area (Å²) in [7, 11) is 0. The van der Waals surface area contributed by atoms with Crippen LogP contribution in [0.5, 0.6) is 0 Å². The van der Waals surface area contributed by atoms with Crippen LogP contribution in [0.3, 0.4) is 0 Å². The van der Waals surface area contributed by atoms with E-state index in [4.69, 9.17) is 5.73 Å². The quantitative estimate of drug-likeness (QED) is 0.773. The van der Waals surface area contributed by atoms with Crippen LogP contribution >= 0.6 is 0 Å². The Labute approximate surface area is 101 Å². The zero-order chi connectivity index (χ0) is 13.0. The zero-order valence-electron chi connectivity index (χ0n) is 11.8. The van der Waals surface area contributed by atoms with Gasteiger partial charge in [-0.05, 0) is 30.1 Å². The lowest BCUT2D eigenvalue weighted by Crippen LogP contribution is -2.38. The highest BCUT2D eigenvalue weighted by atomic mass is 14.7. The predicted molar refractivity (Wildman–Crippen MR) is 69.8 cm³/mol. The minimum absolute atomic E-state index is 0.0841. The van der Waals surface area contributed by atoms with E-state index in [1.807, 2.05) is 0 Å². The monoisotopic (exact) mass is 224 g/mol. The molecule has 0 aliphatic rings. The summed E-state index contributed by atoms with van der Waals surface area (Å²) >= 11 is 0. The van der Waals surface area contributed by atoms with Crippen LogP contribution < -0.4 is 5.73 Å². The summed E-state index contributed by atoms with van der Waals surface area (Å²) in [6.45, 7) is 13.0. The maximum absolute atomic E-state index is 9.17. The van der Waals surface area contributed by atoms with E-state index in [9.17, 15) is 5.26 Å². The van der Waals surface area contributed by atoms with E-state index in [-0.39, 0.29) is 22.8 Å². The van der Waals surface area contributed by atoms with Crippen LogP contribution in [0.25, 0.3) is 0 Å². The Hall–Kier alpha value is -0.550. The molecule has 0 aromatic rings. The molecule has 0 saturated carbocycles. The molecule has 0 fully saturated rings. The molecular formula is C14H28N2. The number of hydrogen-bond donors (Lipinski definition) is 1. The zero-order valence-corrected chi connectivity index (χ0v) is 11.8. The summed E-state index contributed by atoms with van der Waals surface area (Å²) in [5.41, 5.74) is 6.54. The average molecular weight is 224 g/mol. The number of hydrogen-bond acceptors (Lipinski definition) is 2. The molecule has 2 nitrogen and oxygen atoms in total. The van der Waals surface area contributed by atoms with Crippen molar-refractivity contribution >= 4 is 0 Å². The molecule has 0 heterocycles. The van der Waals surface area contributed by atoms with Gasteiger partial charge in [-0.25, -0.2) is 0 Å². The van der Waals surface area contributed by atoms with Crippen LogP contribution in [0.1, 0.15) is 60.8 Å². The summed E-state index contributed by atoms with van der Waals surface area (Å²) in [6.07, 6.45) is 2.80. The second kappa shape index (κ2) is 5.68. The summed E-state index contributed by atoms with van der Waals surface area (Å²) in [6, 6.07) is 2.52. The molecular weight excluding hydrogens is 196 g/mol. The van der Waals surface area contributed by atoms with Gasteiger partial charge in [0.2, 0.25) is 0 Å². The van der Waals surface area contributed by atoms with E-state index >= 15 is 0 Å². The lowest BCUT2D eigenvalue weighted by molar-refractivity contribution is 0.225. The summed E-state index contributed by atoms with van der Waals surface area (Å²) in [4.78, 5) is 0. The lowest BCUT2D eigenvalue weighted by Gasteiger charge is -2.33. The minimum Gasteiger partial charge on any atom is -0.327 e. The topological polar surface area (TPSA) is 49.8 Å². The van der Waals surface area contributed by atoms with Crippen LogP contribution in [0.15, 0.2) is 0 Å².